The molecule has 0 aliphatic heterocycles. The van der Waals surface area contributed by atoms with Crippen LogP contribution >= 0.6 is 0 Å². The molecule has 0 fully saturated rings. The summed E-state index contributed by atoms with van der Waals surface area (Å²) >= 11 is 0. The summed E-state index contributed by atoms with van der Waals surface area (Å²) in [6, 6.07) is 12.5. The Bertz CT molecular complexity index is 1080. The number of aromatic amines is 1. The lowest BCUT2D eigenvalue weighted by Gasteiger charge is -2.08. The first-order chi connectivity index (χ1) is 12.9. The lowest BCUT2D eigenvalue weighted by atomic mass is 10.1. The number of H-pyrrole nitrogens is 1. The van der Waals surface area contributed by atoms with Crippen molar-refractivity contribution in [1.82, 2.24) is 4.98 Å². The highest BCUT2D eigenvalue weighted by Gasteiger charge is 2.08. The predicted molar refractivity (Wildman–Crippen MR) is 102 cm³/mol. The van der Waals surface area contributed by atoms with Gasteiger partial charge in [-0.3, -0.25) is 14.4 Å². The molecule has 0 aliphatic carbocycles. The topological polar surface area (TPSA) is 91.1 Å². The fourth-order valence-corrected chi connectivity index (χ4v) is 2.76. The van der Waals surface area contributed by atoms with Crippen LogP contribution in [0.1, 0.15) is 18.9 Å². The average molecular weight is 367 g/mol. The number of rotatable bonds is 5. The fourth-order valence-electron chi connectivity index (χ4n) is 2.76. The number of nitrogens with one attached hydrogen (secondary N) is 3. The monoisotopic (exact) mass is 367 g/mol. The van der Waals surface area contributed by atoms with Crippen LogP contribution in [0.2, 0.25) is 0 Å². The number of hydrogen-bond acceptors (Lipinski definition) is 3. The number of benzene rings is 2. The van der Waals surface area contributed by atoms with Crippen molar-refractivity contribution in [2.24, 2.45) is 0 Å². The number of aromatic nitrogens is 1. The Morgan fingerprint density at radius 2 is 1.78 bits per heavy atom. The molecule has 2 amide bonds. The fraction of sp³-hybridized carbons (Fsp3) is 0.150. The lowest BCUT2D eigenvalue weighted by molar-refractivity contribution is -0.116. The van der Waals surface area contributed by atoms with Gasteiger partial charge in [0.15, 0.2) is 0 Å². The minimum atomic E-state index is -0.391. The molecule has 138 valence electrons. The Hall–Kier alpha value is -3.48. The number of anilines is 2. The molecule has 1 aromatic heterocycles. The second kappa shape index (κ2) is 7.82. The Morgan fingerprint density at radius 1 is 1.04 bits per heavy atom. The number of aryl methyl sites for hydroxylation is 1. The SMILES string of the molecule is CC(=O)Nc1cccc(NC(=O)CCc2cc3cc(F)ccc3[nH]c2=O)c1. The van der Waals surface area contributed by atoms with Crippen molar-refractivity contribution in [2.75, 3.05) is 10.6 Å². The van der Waals surface area contributed by atoms with Crippen LogP contribution < -0.4 is 16.2 Å². The Balaban J connectivity index is 1.67. The maximum absolute atomic E-state index is 13.4. The highest BCUT2D eigenvalue weighted by Crippen LogP contribution is 2.16. The van der Waals surface area contributed by atoms with Gasteiger partial charge in [0.2, 0.25) is 11.8 Å². The van der Waals surface area contributed by atoms with Crippen molar-refractivity contribution in [2.45, 2.75) is 19.8 Å². The van der Waals surface area contributed by atoms with Gasteiger partial charge in [-0.2, -0.15) is 0 Å². The van der Waals surface area contributed by atoms with E-state index >= 15 is 0 Å². The second-order valence-corrected chi connectivity index (χ2v) is 6.17. The van der Waals surface area contributed by atoms with Gasteiger partial charge in [0.25, 0.3) is 5.56 Å². The molecule has 0 bridgehead atoms. The standard InChI is InChI=1S/C20H18FN3O3/c1-12(25)22-16-3-2-4-17(11-16)23-19(26)8-5-13-9-14-10-15(21)6-7-18(14)24-20(13)27/h2-4,6-7,9-11H,5,8H2,1H3,(H,22,25)(H,23,26)(H,24,27). The molecule has 0 saturated carbocycles. The first-order valence-electron chi connectivity index (χ1n) is 8.40. The lowest BCUT2D eigenvalue weighted by Crippen LogP contribution is -2.17. The van der Waals surface area contributed by atoms with Crippen molar-refractivity contribution >= 4 is 34.1 Å². The van der Waals surface area contributed by atoms with E-state index < -0.39 is 5.82 Å². The smallest absolute Gasteiger partial charge is 0.251 e. The quantitative estimate of drug-likeness (QED) is 0.647. The van der Waals surface area contributed by atoms with Gasteiger partial charge in [-0.15, -0.1) is 0 Å². The van der Waals surface area contributed by atoms with Crippen LogP contribution in [0.5, 0.6) is 0 Å². The van der Waals surface area contributed by atoms with Crippen LogP contribution in [0, 0.1) is 5.82 Å². The molecule has 27 heavy (non-hydrogen) atoms. The van der Waals surface area contributed by atoms with Crippen LogP contribution in [-0.2, 0) is 16.0 Å². The number of hydrogen-bond donors (Lipinski definition) is 3. The maximum atomic E-state index is 13.4. The third kappa shape index (κ3) is 4.78. The van der Waals surface area contributed by atoms with Gasteiger partial charge in [-0.25, -0.2) is 4.39 Å². The molecule has 3 N–H and O–H groups in total. The predicted octanol–water partition coefficient (Wildman–Crippen LogP) is 3.20. The molecular formula is C20H18FN3O3. The Morgan fingerprint density at radius 3 is 2.52 bits per heavy atom. The van der Waals surface area contributed by atoms with E-state index in [1.807, 2.05) is 0 Å². The van der Waals surface area contributed by atoms with Gasteiger partial charge in [0.05, 0.1) is 0 Å². The minimum absolute atomic E-state index is 0.0915. The molecule has 0 atom stereocenters. The van der Waals surface area contributed by atoms with Gasteiger partial charge in [-0.05, 0) is 48.9 Å². The summed E-state index contributed by atoms with van der Waals surface area (Å²) in [5, 5.41) is 5.94. The van der Waals surface area contributed by atoms with Gasteiger partial charge >= 0.3 is 0 Å². The van der Waals surface area contributed by atoms with Crippen LogP contribution in [0.4, 0.5) is 15.8 Å². The van der Waals surface area contributed by atoms with Crippen molar-refractivity contribution in [3.63, 3.8) is 0 Å². The molecule has 0 unspecified atom stereocenters. The summed E-state index contributed by atoms with van der Waals surface area (Å²) in [5.74, 6) is -0.864. The number of carbonyl (C=O) groups excluding carboxylic acids is 2. The molecule has 6 nitrogen and oxygen atoms in total. The molecule has 2 aromatic carbocycles. The minimum Gasteiger partial charge on any atom is -0.326 e. The molecule has 0 spiro atoms. The van der Waals surface area contributed by atoms with Gasteiger partial charge in [-0.1, -0.05) is 6.07 Å². The molecule has 0 aliphatic rings. The van der Waals surface area contributed by atoms with Crippen molar-refractivity contribution in [3.8, 4) is 0 Å². The summed E-state index contributed by atoms with van der Waals surface area (Å²) in [5.41, 5.74) is 1.78. The number of carbonyl (C=O) groups is 2. The van der Waals surface area contributed by atoms with Gasteiger partial charge in [0.1, 0.15) is 5.82 Å². The van der Waals surface area contributed by atoms with E-state index in [0.717, 1.165) is 0 Å². The zero-order valence-electron chi connectivity index (χ0n) is 14.6. The summed E-state index contributed by atoms with van der Waals surface area (Å²) in [6.45, 7) is 1.40. The van der Waals surface area contributed by atoms with Crippen molar-refractivity contribution < 1.29 is 14.0 Å². The molecule has 0 radical (unpaired) electrons. The summed E-state index contributed by atoms with van der Waals surface area (Å²) in [6.07, 6.45) is 0.313. The summed E-state index contributed by atoms with van der Waals surface area (Å²) in [4.78, 5) is 38.1. The van der Waals surface area contributed by atoms with Crippen LogP contribution in [0.3, 0.4) is 0 Å². The van der Waals surface area contributed by atoms with E-state index in [4.69, 9.17) is 0 Å². The maximum Gasteiger partial charge on any atom is 0.251 e. The highest BCUT2D eigenvalue weighted by molar-refractivity contribution is 5.93. The number of pyridine rings is 1. The van der Waals surface area contributed by atoms with Crippen molar-refractivity contribution in [3.05, 3.63) is 70.3 Å². The molecule has 3 rings (SSSR count). The van der Waals surface area contributed by atoms with Crippen LogP contribution in [0.15, 0.2) is 53.3 Å². The zero-order valence-corrected chi connectivity index (χ0v) is 14.6. The van der Waals surface area contributed by atoms with E-state index in [2.05, 4.69) is 15.6 Å². The third-order valence-corrected chi connectivity index (χ3v) is 3.97. The first kappa shape index (κ1) is 18.3. The second-order valence-electron chi connectivity index (χ2n) is 6.17. The summed E-state index contributed by atoms with van der Waals surface area (Å²) < 4.78 is 13.4. The van der Waals surface area contributed by atoms with Gasteiger partial charge in [0, 0.05) is 41.2 Å². The van der Waals surface area contributed by atoms with E-state index in [1.54, 1.807) is 30.3 Å². The molecule has 1 heterocycles. The molecular weight excluding hydrogens is 349 g/mol. The zero-order chi connectivity index (χ0) is 19.4. The van der Waals surface area contributed by atoms with Crippen LogP contribution in [-0.4, -0.2) is 16.8 Å². The Labute approximate surface area is 154 Å². The Kier molecular flexibility index (Phi) is 5.30. The van der Waals surface area contributed by atoms with Gasteiger partial charge < -0.3 is 15.6 Å². The van der Waals surface area contributed by atoms with E-state index in [-0.39, 0.29) is 30.2 Å². The molecule has 3 aromatic rings. The summed E-state index contributed by atoms with van der Waals surface area (Å²) in [7, 11) is 0. The van der Waals surface area contributed by atoms with Crippen molar-refractivity contribution in [1.29, 1.82) is 0 Å². The third-order valence-electron chi connectivity index (χ3n) is 3.97. The average Bonchev–Trinajstić information content (AvgIpc) is 2.60. The normalized spacial score (nSPS) is 10.6. The number of halogens is 1. The number of amides is 2. The molecule has 7 heteroatoms. The first-order valence-corrected chi connectivity index (χ1v) is 8.40. The van der Waals surface area contributed by atoms with E-state index in [9.17, 15) is 18.8 Å². The van der Waals surface area contributed by atoms with E-state index in [0.29, 0.717) is 27.8 Å². The largest absolute Gasteiger partial charge is 0.326 e. The number of fused-ring (bicyclic) bond motifs is 1. The molecule has 0 saturated heterocycles. The van der Waals surface area contributed by atoms with E-state index in [1.165, 1.54) is 25.1 Å². The van der Waals surface area contributed by atoms with Crippen LogP contribution in [0.25, 0.3) is 10.9 Å². The highest BCUT2D eigenvalue weighted by atomic mass is 19.1.